The fourth-order valence-corrected chi connectivity index (χ4v) is 2.35. The van der Waals surface area contributed by atoms with E-state index in [1.807, 2.05) is 18.2 Å². The summed E-state index contributed by atoms with van der Waals surface area (Å²) < 4.78 is 1.11. The van der Waals surface area contributed by atoms with Crippen LogP contribution >= 0.6 is 15.9 Å². The number of fused-ring (bicyclic) bond motifs is 1. The molecular formula is C10H10BrNO. The third-order valence-electron chi connectivity index (χ3n) is 2.48. The van der Waals surface area contributed by atoms with Crippen LogP contribution in [-0.4, -0.2) is 10.9 Å². The largest absolute Gasteiger partial charge is 0.411 e. The van der Waals surface area contributed by atoms with Gasteiger partial charge in [0, 0.05) is 16.0 Å². The van der Waals surface area contributed by atoms with E-state index in [0.717, 1.165) is 22.2 Å². The van der Waals surface area contributed by atoms with Crippen LogP contribution in [0.5, 0.6) is 0 Å². The van der Waals surface area contributed by atoms with Crippen molar-refractivity contribution >= 4 is 21.6 Å². The first-order valence-corrected chi connectivity index (χ1v) is 5.03. The van der Waals surface area contributed by atoms with Crippen molar-refractivity contribution in [3.63, 3.8) is 0 Å². The van der Waals surface area contributed by atoms with Crippen molar-refractivity contribution in [3.05, 3.63) is 33.8 Å². The minimum absolute atomic E-state index is 0.318. The molecule has 13 heavy (non-hydrogen) atoms. The molecule has 0 saturated heterocycles. The van der Waals surface area contributed by atoms with Gasteiger partial charge in [0.2, 0.25) is 0 Å². The predicted molar refractivity (Wildman–Crippen MR) is 55.3 cm³/mol. The van der Waals surface area contributed by atoms with Crippen molar-refractivity contribution in [1.82, 2.24) is 0 Å². The van der Waals surface area contributed by atoms with Gasteiger partial charge in [0.15, 0.2) is 0 Å². The Bertz CT molecular complexity index is 373. The summed E-state index contributed by atoms with van der Waals surface area (Å²) in [5.41, 5.74) is 3.13. The number of nitrogens with zero attached hydrogens (tertiary/aromatic N) is 1. The highest BCUT2D eigenvalue weighted by Crippen LogP contribution is 2.32. The second-order valence-electron chi connectivity index (χ2n) is 3.36. The van der Waals surface area contributed by atoms with Gasteiger partial charge < -0.3 is 5.21 Å². The second-order valence-corrected chi connectivity index (χ2v) is 4.21. The molecule has 1 N–H and O–H groups in total. The molecule has 0 heterocycles. The van der Waals surface area contributed by atoms with Crippen molar-refractivity contribution in [2.24, 2.45) is 11.1 Å². The first-order valence-electron chi connectivity index (χ1n) is 4.23. The van der Waals surface area contributed by atoms with E-state index in [0.29, 0.717) is 5.92 Å². The molecule has 1 unspecified atom stereocenters. The molecule has 0 aliphatic heterocycles. The SMILES string of the molecule is CC1Cc2c(Br)cccc2/C1=N/O. The molecule has 1 atom stereocenters. The standard InChI is InChI=1S/C10H10BrNO/c1-6-5-8-7(10(6)12-13)3-2-4-9(8)11/h2-4,6,13H,5H2,1H3/b12-10+. The summed E-state index contributed by atoms with van der Waals surface area (Å²) in [7, 11) is 0. The van der Waals surface area contributed by atoms with Crippen LogP contribution in [0.1, 0.15) is 18.1 Å². The molecule has 0 bridgehead atoms. The molecular weight excluding hydrogens is 230 g/mol. The van der Waals surface area contributed by atoms with E-state index in [1.54, 1.807) is 0 Å². The maximum Gasteiger partial charge on any atom is 0.0902 e. The summed E-state index contributed by atoms with van der Waals surface area (Å²) >= 11 is 3.49. The summed E-state index contributed by atoms with van der Waals surface area (Å²) in [5, 5.41) is 12.2. The highest BCUT2D eigenvalue weighted by molar-refractivity contribution is 9.10. The zero-order valence-electron chi connectivity index (χ0n) is 7.29. The highest BCUT2D eigenvalue weighted by atomic mass is 79.9. The molecule has 0 fully saturated rings. The smallest absolute Gasteiger partial charge is 0.0902 e. The van der Waals surface area contributed by atoms with E-state index >= 15 is 0 Å². The maximum absolute atomic E-state index is 8.85. The van der Waals surface area contributed by atoms with Crippen LogP contribution in [0.3, 0.4) is 0 Å². The highest BCUT2D eigenvalue weighted by Gasteiger charge is 2.26. The summed E-state index contributed by atoms with van der Waals surface area (Å²) in [6.07, 6.45) is 0.955. The van der Waals surface area contributed by atoms with E-state index in [4.69, 9.17) is 5.21 Å². The van der Waals surface area contributed by atoms with Crippen LogP contribution < -0.4 is 0 Å². The molecule has 0 radical (unpaired) electrons. The molecule has 1 aliphatic rings. The van der Waals surface area contributed by atoms with Crippen molar-refractivity contribution in [3.8, 4) is 0 Å². The molecule has 0 saturated carbocycles. The number of benzene rings is 1. The second kappa shape index (κ2) is 3.14. The Morgan fingerprint density at radius 1 is 1.54 bits per heavy atom. The molecule has 2 nitrogen and oxygen atoms in total. The van der Waals surface area contributed by atoms with Gasteiger partial charge in [-0.2, -0.15) is 0 Å². The first-order chi connectivity index (χ1) is 6.24. The van der Waals surface area contributed by atoms with E-state index in [2.05, 4.69) is 28.0 Å². The summed E-state index contributed by atoms with van der Waals surface area (Å²) in [6, 6.07) is 5.98. The molecule has 1 aromatic rings. The Morgan fingerprint density at radius 2 is 2.31 bits per heavy atom. The van der Waals surface area contributed by atoms with Crippen molar-refractivity contribution in [2.45, 2.75) is 13.3 Å². The summed E-state index contributed by atoms with van der Waals surface area (Å²) in [6.45, 7) is 2.07. The lowest BCUT2D eigenvalue weighted by Gasteiger charge is -2.00. The van der Waals surface area contributed by atoms with Gasteiger partial charge in [-0.05, 0) is 18.1 Å². The lowest BCUT2D eigenvalue weighted by Crippen LogP contribution is -2.05. The molecule has 68 valence electrons. The lowest BCUT2D eigenvalue weighted by atomic mass is 10.1. The summed E-state index contributed by atoms with van der Waals surface area (Å²) in [4.78, 5) is 0. The Kier molecular flexibility index (Phi) is 2.12. The zero-order valence-corrected chi connectivity index (χ0v) is 8.87. The number of rotatable bonds is 0. The zero-order chi connectivity index (χ0) is 9.42. The molecule has 1 aliphatic carbocycles. The van der Waals surface area contributed by atoms with Crippen molar-refractivity contribution < 1.29 is 5.21 Å². The fraction of sp³-hybridized carbons (Fsp3) is 0.300. The van der Waals surface area contributed by atoms with Gasteiger partial charge in [0.05, 0.1) is 5.71 Å². The van der Waals surface area contributed by atoms with Crippen LogP contribution in [-0.2, 0) is 6.42 Å². The van der Waals surface area contributed by atoms with Crippen LogP contribution in [0.15, 0.2) is 27.8 Å². The molecule has 1 aromatic carbocycles. The number of halogens is 1. The molecule has 0 amide bonds. The molecule has 2 rings (SSSR count). The van der Waals surface area contributed by atoms with Crippen molar-refractivity contribution in [2.75, 3.05) is 0 Å². The predicted octanol–water partition coefficient (Wildman–Crippen LogP) is 2.82. The third-order valence-corrected chi connectivity index (χ3v) is 3.22. The average Bonchev–Trinajstić information content (AvgIpc) is 2.43. The lowest BCUT2D eigenvalue weighted by molar-refractivity contribution is 0.316. The molecule has 0 aromatic heterocycles. The summed E-state index contributed by atoms with van der Waals surface area (Å²) in [5.74, 6) is 0.318. The van der Waals surface area contributed by atoms with Gasteiger partial charge in [0.1, 0.15) is 0 Å². The van der Waals surface area contributed by atoms with Crippen LogP contribution in [0, 0.1) is 5.92 Å². The Morgan fingerprint density at radius 3 is 3.00 bits per heavy atom. The van der Waals surface area contributed by atoms with Gasteiger partial charge >= 0.3 is 0 Å². The van der Waals surface area contributed by atoms with Crippen LogP contribution in [0.25, 0.3) is 0 Å². The molecule has 0 spiro atoms. The van der Waals surface area contributed by atoms with Crippen LogP contribution in [0.4, 0.5) is 0 Å². The van der Waals surface area contributed by atoms with E-state index in [1.165, 1.54) is 5.56 Å². The van der Waals surface area contributed by atoms with Gasteiger partial charge in [-0.25, -0.2) is 0 Å². The quantitative estimate of drug-likeness (QED) is 0.548. The number of oxime groups is 1. The van der Waals surface area contributed by atoms with Gasteiger partial charge in [-0.1, -0.05) is 40.1 Å². The number of hydrogen-bond acceptors (Lipinski definition) is 2. The third kappa shape index (κ3) is 1.27. The Labute approximate surface area is 85.4 Å². The van der Waals surface area contributed by atoms with Crippen molar-refractivity contribution in [1.29, 1.82) is 0 Å². The average molecular weight is 240 g/mol. The van der Waals surface area contributed by atoms with Gasteiger partial charge in [-0.15, -0.1) is 0 Å². The monoisotopic (exact) mass is 239 g/mol. The Balaban J connectivity index is 2.61. The van der Waals surface area contributed by atoms with E-state index < -0.39 is 0 Å². The first kappa shape index (κ1) is 8.75. The van der Waals surface area contributed by atoms with E-state index in [-0.39, 0.29) is 0 Å². The normalized spacial score (nSPS) is 23.5. The topological polar surface area (TPSA) is 32.6 Å². The fourth-order valence-electron chi connectivity index (χ4n) is 1.83. The van der Waals surface area contributed by atoms with E-state index in [9.17, 15) is 0 Å². The molecule has 3 heteroatoms. The maximum atomic E-state index is 8.85. The Hall–Kier alpha value is -0.830. The van der Waals surface area contributed by atoms with Crippen LogP contribution in [0.2, 0.25) is 0 Å². The minimum Gasteiger partial charge on any atom is -0.411 e. The van der Waals surface area contributed by atoms with Gasteiger partial charge in [0.25, 0.3) is 0 Å². The number of hydrogen-bond donors (Lipinski definition) is 1. The minimum atomic E-state index is 0.318. The van der Waals surface area contributed by atoms with Gasteiger partial charge in [-0.3, -0.25) is 0 Å².